The van der Waals surface area contributed by atoms with Crippen LogP contribution in [0.5, 0.6) is 0 Å². The second kappa shape index (κ2) is 7.04. The maximum atomic E-state index is 4.49. The normalized spacial score (nSPS) is 28.6. The summed E-state index contributed by atoms with van der Waals surface area (Å²) in [5, 5.41) is 5.11. The van der Waals surface area contributed by atoms with Crippen molar-refractivity contribution in [3.05, 3.63) is 16.1 Å². The lowest BCUT2D eigenvalue weighted by Gasteiger charge is -2.39. The van der Waals surface area contributed by atoms with Gasteiger partial charge in [-0.3, -0.25) is 0 Å². The van der Waals surface area contributed by atoms with E-state index in [-0.39, 0.29) is 0 Å². The van der Waals surface area contributed by atoms with E-state index in [0.717, 1.165) is 24.4 Å². The summed E-state index contributed by atoms with van der Waals surface area (Å²) < 4.78 is 0. The highest BCUT2D eigenvalue weighted by molar-refractivity contribution is 7.11. The van der Waals surface area contributed by atoms with Gasteiger partial charge in [-0.15, -0.1) is 11.3 Å². The van der Waals surface area contributed by atoms with Crippen LogP contribution in [0.3, 0.4) is 0 Å². The molecule has 1 N–H and O–H groups in total. The second-order valence-electron chi connectivity index (χ2n) is 6.70. The fraction of sp³-hybridized carbons (Fsp3) is 0.824. The van der Waals surface area contributed by atoms with Crippen molar-refractivity contribution in [2.45, 2.75) is 77.3 Å². The summed E-state index contributed by atoms with van der Waals surface area (Å²) in [6, 6.07) is 0.746. The quantitative estimate of drug-likeness (QED) is 0.871. The van der Waals surface area contributed by atoms with Gasteiger partial charge in [0.25, 0.3) is 0 Å². The summed E-state index contributed by atoms with van der Waals surface area (Å²) in [6.07, 6.45) is 15.1. The highest BCUT2D eigenvalue weighted by Gasteiger charge is 2.32. The molecule has 0 saturated heterocycles. The lowest BCUT2D eigenvalue weighted by molar-refractivity contribution is 0.149. The lowest BCUT2D eigenvalue weighted by Crippen LogP contribution is -2.42. The molecular weight excluding hydrogens is 264 g/mol. The van der Waals surface area contributed by atoms with Gasteiger partial charge in [-0.05, 0) is 31.6 Å². The maximum Gasteiger partial charge on any atom is 0.107 e. The third kappa shape index (κ3) is 3.62. The molecule has 2 saturated carbocycles. The highest BCUT2D eigenvalue weighted by Crippen LogP contribution is 2.38. The van der Waals surface area contributed by atoms with E-state index in [1.54, 1.807) is 0 Å². The third-order valence-corrected chi connectivity index (χ3v) is 6.17. The zero-order valence-corrected chi connectivity index (χ0v) is 13.6. The second-order valence-corrected chi connectivity index (χ2v) is 8.02. The molecule has 3 rings (SSSR count). The van der Waals surface area contributed by atoms with E-state index in [2.05, 4.69) is 17.2 Å². The van der Waals surface area contributed by atoms with E-state index in [4.69, 9.17) is 0 Å². The average molecular weight is 292 g/mol. The van der Waals surface area contributed by atoms with Gasteiger partial charge in [0.2, 0.25) is 0 Å². The minimum absolute atomic E-state index is 0.746. The Morgan fingerprint density at radius 1 is 1.10 bits per heavy atom. The molecule has 0 bridgehead atoms. The number of aromatic nitrogens is 1. The molecule has 1 heterocycles. The van der Waals surface area contributed by atoms with Gasteiger partial charge in [0.15, 0.2) is 0 Å². The van der Waals surface area contributed by atoms with Crippen molar-refractivity contribution < 1.29 is 0 Å². The molecule has 0 aliphatic heterocycles. The third-order valence-electron chi connectivity index (χ3n) is 5.26. The van der Waals surface area contributed by atoms with Crippen LogP contribution in [-0.2, 0) is 6.54 Å². The maximum absolute atomic E-state index is 4.49. The Hall–Kier alpha value is -0.410. The van der Waals surface area contributed by atoms with Crippen LogP contribution >= 0.6 is 11.3 Å². The number of hydrogen-bond donors (Lipinski definition) is 1. The average Bonchev–Trinajstić information content (AvgIpc) is 2.92. The SMILES string of the molecule is Cc1cnc(CNC2CCCCC2C2CCCCC2)s1. The summed E-state index contributed by atoms with van der Waals surface area (Å²) >= 11 is 1.84. The van der Waals surface area contributed by atoms with Gasteiger partial charge in [-0.1, -0.05) is 44.9 Å². The molecule has 0 spiro atoms. The van der Waals surface area contributed by atoms with Crippen LogP contribution in [0.4, 0.5) is 0 Å². The monoisotopic (exact) mass is 292 g/mol. The van der Waals surface area contributed by atoms with Gasteiger partial charge in [0.05, 0.1) is 0 Å². The lowest BCUT2D eigenvalue weighted by atomic mass is 9.71. The molecule has 0 amide bonds. The number of thiazole rings is 1. The zero-order valence-electron chi connectivity index (χ0n) is 12.7. The Kier molecular flexibility index (Phi) is 5.11. The molecule has 0 radical (unpaired) electrons. The van der Waals surface area contributed by atoms with Crippen LogP contribution in [0.1, 0.15) is 67.7 Å². The van der Waals surface area contributed by atoms with Gasteiger partial charge in [-0.2, -0.15) is 0 Å². The van der Waals surface area contributed by atoms with Gasteiger partial charge in [0, 0.05) is 23.7 Å². The summed E-state index contributed by atoms with van der Waals surface area (Å²) in [4.78, 5) is 5.82. The molecule has 0 aromatic carbocycles. The topological polar surface area (TPSA) is 24.9 Å². The standard InChI is InChI=1S/C17H28N2S/c1-13-11-19-17(20-13)12-18-16-10-6-5-9-15(16)14-7-3-2-4-8-14/h11,14-16,18H,2-10,12H2,1H3. The van der Waals surface area contributed by atoms with Crippen molar-refractivity contribution in [2.75, 3.05) is 0 Å². The van der Waals surface area contributed by atoms with Crippen LogP contribution in [-0.4, -0.2) is 11.0 Å². The van der Waals surface area contributed by atoms with E-state index in [0.29, 0.717) is 0 Å². The molecule has 2 aliphatic rings. The van der Waals surface area contributed by atoms with Crippen LogP contribution in [0.2, 0.25) is 0 Å². The van der Waals surface area contributed by atoms with Crippen molar-refractivity contribution in [2.24, 2.45) is 11.8 Å². The van der Waals surface area contributed by atoms with Crippen LogP contribution in [0.15, 0.2) is 6.20 Å². The van der Waals surface area contributed by atoms with Gasteiger partial charge >= 0.3 is 0 Å². The van der Waals surface area contributed by atoms with Crippen molar-refractivity contribution in [1.82, 2.24) is 10.3 Å². The number of hydrogen-bond acceptors (Lipinski definition) is 3. The largest absolute Gasteiger partial charge is 0.307 e. The molecule has 2 atom stereocenters. The Bertz CT molecular complexity index is 409. The first-order valence-corrected chi connectivity index (χ1v) is 9.29. The molecule has 112 valence electrons. The Morgan fingerprint density at radius 2 is 1.85 bits per heavy atom. The first kappa shape index (κ1) is 14.5. The van der Waals surface area contributed by atoms with Crippen molar-refractivity contribution in [3.63, 3.8) is 0 Å². The first-order valence-electron chi connectivity index (χ1n) is 8.47. The van der Waals surface area contributed by atoms with Crippen molar-refractivity contribution in [3.8, 4) is 0 Å². The molecule has 3 heteroatoms. The number of aryl methyl sites for hydroxylation is 1. The number of rotatable bonds is 4. The predicted octanol–water partition coefficient (Wildman–Crippen LogP) is 4.68. The Balaban J connectivity index is 1.57. The van der Waals surface area contributed by atoms with E-state index in [9.17, 15) is 0 Å². The van der Waals surface area contributed by atoms with Gasteiger partial charge in [-0.25, -0.2) is 4.98 Å². The fourth-order valence-electron chi connectivity index (χ4n) is 4.24. The van der Waals surface area contributed by atoms with Crippen LogP contribution in [0.25, 0.3) is 0 Å². The van der Waals surface area contributed by atoms with E-state index in [1.165, 1.54) is 67.7 Å². The Morgan fingerprint density at radius 3 is 2.60 bits per heavy atom. The van der Waals surface area contributed by atoms with Crippen molar-refractivity contribution in [1.29, 1.82) is 0 Å². The van der Waals surface area contributed by atoms with Crippen LogP contribution < -0.4 is 5.32 Å². The van der Waals surface area contributed by atoms with Crippen molar-refractivity contribution >= 4 is 11.3 Å². The van der Waals surface area contributed by atoms with E-state index >= 15 is 0 Å². The van der Waals surface area contributed by atoms with E-state index in [1.807, 2.05) is 17.5 Å². The first-order chi connectivity index (χ1) is 9.83. The van der Waals surface area contributed by atoms with E-state index < -0.39 is 0 Å². The smallest absolute Gasteiger partial charge is 0.107 e. The molecule has 2 nitrogen and oxygen atoms in total. The molecule has 2 unspecified atom stereocenters. The van der Waals surface area contributed by atoms with Gasteiger partial charge in [0.1, 0.15) is 5.01 Å². The minimum atomic E-state index is 0.746. The van der Waals surface area contributed by atoms with Crippen LogP contribution in [0, 0.1) is 18.8 Å². The fourth-order valence-corrected chi connectivity index (χ4v) is 4.98. The summed E-state index contributed by atoms with van der Waals surface area (Å²) in [5.74, 6) is 1.93. The summed E-state index contributed by atoms with van der Waals surface area (Å²) in [6.45, 7) is 3.12. The highest BCUT2D eigenvalue weighted by atomic mass is 32.1. The number of nitrogens with one attached hydrogen (secondary N) is 1. The molecule has 1 aromatic rings. The minimum Gasteiger partial charge on any atom is -0.307 e. The van der Waals surface area contributed by atoms with Gasteiger partial charge < -0.3 is 5.32 Å². The predicted molar refractivity (Wildman–Crippen MR) is 86.0 cm³/mol. The molecule has 1 aromatic heterocycles. The zero-order chi connectivity index (χ0) is 13.8. The molecule has 20 heavy (non-hydrogen) atoms. The molecule has 2 aliphatic carbocycles. The Labute approximate surface area is 127 Å². The number of nitrogens with zero attached hydrogens (tertiary/aromatic N) is 1. The summed E-state index contributed by atoms with van der Waals surface area (Å²) in [7, 11) is 0. The summed E-state index contributed by atoms with van der Waals surface area (Å²) in [5.41, 5.74) is 0. The molecular formula is C17H28N2S. The molecule has 2 fully saturated rings.